The van der Waals surface area contributed by atoms with Crippen molar-refractivity contribution in [1.82, 2.24) is 15.6 Å². The lowest BCUT2D eigenvalue weighted by Crippen LogP contribution is -2.17. The number of carbonyl (C=O) groups excluding carboxylic acids is 1. The van der Waals surface area contributed by atoms with Gasteiger partial charge in [0.25, 0.3) is 5.91 Å². The molecule has 1 heterocycles. The first-order valence-corrected chi connectivity index (χ1v) is 6.93. The van der Waals surface area contributed by atoms with Crippen molar-refractivity contribution < 1.29 is 4.79 Å². The molecule has 0 radical (unpaired) electrons. The fourth-order valence-corrected chi connectivity index (χ4v) is 1.97. The predicted octanol–water partition coefficient (Wildman–Crippen LogP) is 2.72. The Labute approximate surface area is 122 Å². The number of H-pyrrole nitrogens is 1. The molecular formula is C16H16N4O. The minimum Gasteiger partial charge on any atom is -0.281 e. The third kappa shape index (κ3) is 3.66. The Morgan fingerprint density at radius 1 is 1.33 bits per heavy atom. The molecule has 3 rings (SSSR count). The van der Waals surface area contributed by atoms with Crippen molar-refractivity contribution in [3.05, 3.63) is 59.4 Å². The molecule has 1 saturated carbocycles. The molecule has 1 aliphatic rings. The summed E-state index contributed by atoms with van der Waals surface area (Å²) in [6.07, 6.45) is 7.57. The normalized spacial score (nSPS) is 14.9. The van der Waals surface area contributed by atoms with E-state index in [9.17, 15) is 4.79 Å². The van der Waals surface area contributed by atoms with E-state index in [0.29, 0.717) is 11.6 Å². The van der Waals surface area contributed by atoms with Crippen LogP contribution in [0.5, 0.6) is 0 Å². The number of nitrogens with one attached hydrogen (secondary N) is 2. The number of benzene rings is 1. The summed E-state index contributed by atoms with van der Waals surface area (Å²) in [6.45, 7) is 0. The van der Waals surface area contributed by atoms with E-state index in [0.717, 1.165) is 11.3 Å². The van der Waals surface area contributed by atoms with Crippen LogP contribution in [0, 0.1) is 0 Å². The lowest BCUT2D eigenvalue weighted by atomic mass is 10.2. The lowest BCUT2D eigenvalue weighted by molar-refractivity contribution is 0.0950. The molecule has 0 aliphatic heterocycles. The average Bonchev–Trinajstić information content (AvgIpc) is 3.25. The Kier molecular flexibility index (Phi) is 3.91. The van der Waals surface area contributed by atoms with Gasteiger partial charge in [-0.2, -0.15) is 10.2 Å². The highest BCUT2D eigenvalue weighted by molar-refractivity contribution is 5.93. The molecule has 1 aliphatic carbocycles. The summed E-state index contributed by atoms with van der Waals surface area (Å²) < 4.78 is 0. The summed E-state index contributed by atoms with van der Waals surface area (Å²) in [5.41, 5.74) is 4.95. The van der Waals surface area contributed by atoms with E-state index in [1.807, 2.05) is 36.4 Å². The molecular weight excluding hydrogens is 264 g/mol. The standard InChI is InChI=1S/C16H16N4O/c21-16(15-11-14(18-19-15)13-8-9-13)20-17-10-4-7-12-5-2-1-3-6-12/h1-7,10-11,13H,8-9H2,(H,18,19)(H,20,21)/b7-4+,17-10-. The molecule has 5 nitrogen and oxygen atoms in total. The third-order valence-corrected chi connectivity index (χ3v) is 3.26. The molecule has 2 aromatic rings. The van der Waals surface area contributed by atoms with Crippen LogP contribution in [0.25, 0.3) is 6.08 Å². The van der Waals surface area contributed by atoms with Crippen LogP contribution >= 0.6 is 0 Å². The third-order valence-electron chi connectivity index (χ3n) is 3.26. The zero-order valence-corrected chi connectivity index (χ0v) is 11.5. The van der Waals surface area contributed by atoms with E-state index >= 15 is 0 Å². The van der Waals surface area contributed by atoms with Gasteiger partial charge in [0.2, 0.25) is 0 Å². The Balaban J connectivity index is 1.50. The molecule has 0 atom stereocenters. The second kappa shape index (κ2) is 6.17. The van der Waals surface area contributed by atoms with Crippen molar-refractivity contribution in [2.75, 3.05) is 0 Å². The first kappa shape index (κ1) is 13.3. The molecule has 1 amide bonds. The Hall–Kier alpha value is -2.69. The summed E-state index contributed by atoms with van der Waals surface area (Å²) in [6, 6.07) is 11.7. The topological polar surface area (TPSA) is 70.1 Å². The molecule has 1 fully saturated rings. The summed E-state index contributed by atoms with van der Waals surface area (Å²) in [5, 5.41) is 10.8. The van der Waals surface area contributed by atoms with Crippen LogP contribution in [0.1, 0.15) is 40.5 Å². The quantitative estimate of drug-likeness (QED) is 0.653. The van der Waals surface area contributed by atoms with E-state index in [1.54, 1.807) is 18.4 Å². The number of nitrogens with zero attached hydrogens (tertiary/aromatic N) is 2. The van der Waals surface area contributed by atoms with E-state index < -0.39 is 0 Å². The van der Waals surface area contributed by atoms with Crippen molar-refractivity contribution in [2.24, 2.45) is 5.10 Å². The monoisotopic (exact) mass is 280 g/mol. The van der Waals surface area contributed by atoms with Gasteiger partial charge in [0.1, 0.15) is 0 Å². The number of allylic oxidation sites excluding steroid dienone is 1. The molecule has 2 N–H and O–H groups in total. The van der Waals surface area contributed by atoms with Crippen LogP contribution < -0.4 is 5.43 Å². The van der Waals surface area contributed by atoms with E-state index in [4.69, 9.17) is 0 Å². The summed E-state index contributed by atoms with van der Waals surface area (Å²) in [4.78, 5) is 11.8. The van der Waals surface area contributed by atoms with Crippen molar-refractivity contribution in [1.29, 1.82) is 0 Å². The van der Waals surface area contributed by atoms with Crippen molar-refractivity contribution >= 4 is 18.2 Å². The minimum atomic E-state index is -0.303. The van der Waals surface area contributed by atoms with Gasteiger partial charge in [-0.25, -0.2) is 5.43 Å². The van der Waals surface area contributed by atoms with Gasteiger partial charge in [0.15, 0.2) is 5.69 Å². The second-order valence-corrected chi connectivity index (χ2v) is 4.97. The largest absolute Gasteiger partial charge is 0.291 e. The molecule has 0 unspecified atom stereocenters. The maximum atomic E-state index is 11.8. The van der Waals surface area contributed by atoms with Crippen LogP contribution in [-0.4, -0.2) is 22.3 Å². The van der Waals surface area contributed by atoms with E-state index in [-0.39, 0.29) is 5.91 Å². The van der Waals surface area contributed by atoms with Gasteiger partial charge >= 0.3 is 0 Å². The predicted molar refractivity (Wildman–Crippen MR) is 82.0 cm³/mol. The van der Waals surface area contributed by atoms with Crippen LogP contribution in [0.15, 0.2) is 47.6 Å². The molecule has 1 aromatic carbocycles. The Morgan fingerprint density at radius 3 is 2.90 bits per heavy atom. The Morgan fingerprint density at radius 2 is 2.14 bits per heavy atom. The highest BCUT2D eigenvalue weighted by Gasteiger charge is 2.26. The number of hydrazone groups is 1. The molecule has 0 spiro atoms. The van der Waals surface area contributed by atoms with Crippen molar-refractivity contribution in [3.63, 3.8) is 0 Å². The highest BCUT2D eigenvalue weighted by Crippen LogP contribution is 2.38. The van der Waals surface area contributed by atoms with E-state index in [1.165, 1.54) is 12.8 Å². The van der Waals surface area contributed by atoms with Gasteiger partial charge in [-0.05, 0) is 30.5 Å². The molecule has 1 aromatic heterocycles. The summed E-state index contributed by atoms with van der Waals surface area (Å²) >= 11 is 0. The number of hydrogen-bond donors (Lipinski definition) is 2. The van der Waals surface area contributed by atoms with E-state index in [2.05, 4.69) is 20.7 Å². The summed E-state index contributed by atoms with van der Waals surface area (Å²) in [5.74, 6) is 0.249. The van der Waals surface area contributed by atoms with Gasteiger partial charge in [-0.3, -0.25) is 9.89 Å². The number of carbonyl (C=O) groups is 1. The molecule has 0 bridgehead atoms. The number of rotatable bonds is 5. The van der Waals surface area contributed by atoms with Crippen LogP contribution in [0.2, 0.25) is 0 Å². The number of aromatic nitrogens is 2. The smallest absolute Gasteiger partial charge is 0.281 e. The zero-order valence-electron chi connectivity index (χ0n) is 11.5. The Bertz CT molecular complexity index is 669. The number of amides is 1. The second-order valence-electron chi connectivity index (χ2n) is 4.97. The van der Waals surface area contributed by atoms with Crippen LogP contribution in [0.3, 0.4) is 0 Å². The zero-order chi connectivity index (χ0) is 14.5. The molecule has 106 valence electrons. The first-order valence-electron chi connectivity index (χ1n) is 6.93. The lowest BCUT2D eigenvalue weighted by Gasteiger charge is -1.93. The van der Waals surface area contributed by atoms with Crippen LogP contribution in [0.4, 0.5) is 0 Å². The SMILES string of the molecule is O=C(N/N=C\C=C\c1ccccc1)c1cc(C2CC2)[nH]n1. The fourth-order valence-electron chi connectivity index (χ4n) is 1.97. The highest BCUT2D eigenvalue weighted by atomic mass is 16.2. The number of aromatic amines is 1. The minimum absolute atomic E-state index is 0.303. The van der Waals surface area contributed by atoms with Gasteiger partial charge in [-0.1, -0.05) is 36.4 Å². The maximum Gasteiger partial charge on any atom is 0.291 e. The molecule has 5 heteroatoms. The molecule has 0 saturated heterocycles. The maximum absolute atomic E-state index is 11.8. The fraction of sp³-hybridized carbons (Fsp3) is 0.188. The van der Waals surface area contributed by atoms with Gasteiger partial charge < -0.3 is 0 Å². The summed E-state index contributed by atoms with van der Waals surface area (Å²) in [7, 11) is 0. The molecule has 21 heavy (non-hydrogen) atoms. The van der Waals surface area contributed by atoms with Crippen molar-refractivity contribution in [3.8, 4) is 0 Å². The van der Waals surface area contributed by atoms with Gasteiger partial charge in [0.05, 0.1) is 0 Å². The van der Waals surface area contributed by atoms with Gasteiger partial charge in [0, 0.05) is 17.8 Å². The first-order chi connectivity index (χ1) is 10.3. The van der Waals surface area contributed by atoms with Crippen molar-refractivity contribution in [2.45, 2.75) is 18.8 Å². The average molecular weight is 280 g/mol. The van der Waals surface area contributed by atoms with Gasteiger partial charge in [-0.15, -0.1) is 0 Å². The number of hydrogen-bond acceptors (Lipinski definition) is 3. The van der Waals surface area contributed by atoms with Crippen LogP contribution in [-0.2, 0) is 0 Å².